The highest BCUT2D eigenvalue weighted by Gasteiger charge is 2.12. The molecule has 0 aliphatic carbocycles. The number of fused-ring (bicyclic) bond motifs is 1. The van der Waals surface area contributed by atoms with Gasteiger partial charge in [-0.2, -0.15) is 0 Å². The summed E-state index contributed by atoms with van der Waals surface area (Å²) < 4.78 is 1.48. The second-order valence-corrected chi connectivity index (χ2v) is 5.38. The highest BCUT2D eigenvalue weighted by molar-refractivity contribution is 6.31. The third-order valence-corrected chi connectivity index (χ3v) is 3.72. The minimum Gasteiger partial charge on any atom is -0.287 e. The first kappa shape index (κ1) is 15.1. The third-order valence-electron chi connectivity index (χ3n) is 3.39. The molecule has 3 nitrogen and oxygen atoms in total. The molecule has 0 radical (unpaired) electrons. The summed E-state index contributed by atoms with van der Waals surface area (Å²) >= 11 is 5.98. The van der Waals surface area contributed by atoms with Crippen molar-refractivity contribution in [3.63, 3.8) is 0 Å². The molecule has 0 spiro atoms. The predicted octanol–water partition coefficient (Wildman–Crippen LogP) is 3.95. The summed E-state index contributed by atoms with van der Waals surface area (Å²) in [5.41, 5.74) is 1.35. The van der Waals surface area contributed by atoms with Gasteiger partial charge in [0.25, 0.3) is 0 Å². The average Bonchev–Trinajstić information content (AvgIpc) is 2.98. The fraction of sp³-hybridized carbons (Fsp3) is 0.0526. The maximum atomic E-state index is 12.3. The van der Waals surface area contributed by atoms with Crippen LogP contribution < -0.4 is 0 Å². The van der Waals surface area contributed by atoms with Crippen molar-refractivity contribution in [2.75, 3.05) is 0 Å². The number of aromatic nitrogens is 1. The van der Waals surface area contributed by atoms with Crippen molar-refractivity contribution in [3.8, 4) is 11.8 Å². The quantitative estimate of drug-likeness (QED) is 0.529. The van der Waals surface area contributed by atoms with Crippen LogP contribution in [0.3, 0.4) is 0 Å². The van der Waals surface area contributed by atoms with E-state index in [0.717, 1.165) is 10.9 Å². The number of Topliss-reactive ketones (excluding diaryl/α,β-unsaturated/α-hetero) is 1. The molecule has 4 heteroatoms. The molecule has 0 saturated heterocycles. The molecule has 1 aromatic heterocycles. The predicted molar refractivity (Wildman–Crippen MR) is 90.5 cm³/mol. The average molecular weight is 322 g/mol. The summed E-state index contributed by atoms with van der Waals surface area (Å²) in [5.74, 6) is 4.44. The van der Waals surface area contributed by atoms with Gasteiger partial charge in [0.2, 0.25) is 11.7 Å². The topological polar surface area (TPSA) is 39.1 Å². The van der Waals surface area contributed by atoms with Gasteiger partial charge in [-0.05, 0) is 30.2 Å². The molecular weight excluding hydrogens is 310 g/mol. The number of hydrogen-bond donors (Lipinski definition) is 0. The van der Waals surface area contributed by atoms with Crippen LogP contribution in [-0.4, -0.2) is 16.3 Å². The Morgan fingerprint density at radius 1 is 1.00 bits per heavy atom. The van der Waals surface area contributed by atoms with Crippen molar-refractivity contribution in [3.05, 3.63) is 71.4 Å². The van der Waals surface area contributed by atoms with E-state index in [0.29, 0.717) is 10.6 Å². The van der Waals surface area contributed by atoms with Crippen LogP contribution in [-0.2, 0) is 4.79 Å². The number of ketones is 1. The molecule has 3 aromatic rings. The van der Waals surface area contributed by atoms with Crippen LogP contribution in [0.4, 0.5) is 0 Å². The van der Waals surface area contributed by atoms with Gasteiger partial charge in [-0.25, -0.2) is 0 Å². The van der Waals surface area contributed by atoms with Crippen molar-refractivity contribution < 1.29 is 9.59 Å². The molecule has 0 aliphatic heterocycles. The Kier molecular flexibility index (Phi) is 4.27. The summed E-state index contributed by atoms with van der Waals surface area (Å²) in [6.07, 6.45) is 1.40. The van der Waals surface area contributed by atoms with E-state index in [4.69, 9.17) is 11.6 Å². The summed E-state index contributed by atoms with van der Waals surface area (Å²) in [6.45, 7) is 0. The Morgan fingerprint density at radius 2 is 1.74 bits per heavy atom. The molecule has 0 atom stereocenters. The van der Waals surface area contributed by atoms with Crippen LogP contribution in [0.5, 0.6) is 0 Å². The maximum absolute atomic E-state index is 12.3. The number of carbonyl (C=O) groups excluding carboxylic acids is 2. The van der Waals surface area contributed by atoms with Gasteiger partial charge < -0.3 is 0 Å². The van der Waals surface area contributed by atoms with Crippen LogP contribution in [0.25, 0.3) is 10.9 Å². The lowest BCUT2D eigenvalue weighted by molar-refractivity contribution is -0.113. The lowest BCUT2D eigenvalue weighted by Gasteiger charge is -2.01. The van der Waals surface area contributed by atoms with Gasteiger partial charge in [-0.3, -0.25) is 14.2 Å². The molecule has 0 N–H and O–H groups in total. The van der Waals surface area contributed by atoms with Gasteiger partial charge in [0, 0.05) is 17.1 Å². The summed E-state index contributed by atoms with van der Waals surface area (Å²) in [4.78, 5) is 24.2. The second-order valence-electron chi connectivity index (χ2n) is 4.97. The molecule has 0 saturated carbocycles. The molecule has 0 unspecified atom stereocenters. The third kappa shape index (κ3) is 3.33. The number of nitrogens with zero attached hydrogens (tertiary/aromatic N) is 1. The Balaban J connectivity index is 1.76. The minimum atomic E-state index is -0.437. The fourth-order valence-electron chi connectivity index (χ4n) is 2.27. The smallest absolute Gasteiger partial charge is 0.239 e. The molecule has 0 aliphatic rings. The zero-order valence-corrected chi connectivity index (χ0v) is 12.9. The van der Waals surface area contributed by atoms with Crippen molar-refractivity contribution >= 4 is 34.2 Å². The molecule has 0 fully saturated rings. The van der Waals surface area contributed by atoms with E-state index >= 15 is 0 Å². The Hall–Kier alpha value is -2.83. The van der Waals surface area contributed by atoms with E-state index in [1.807, 2.05) is 30.3 Å². The van der Waals surface area contributed by atoms with E-state index in [9.17, 15) is 9.59 Å². The maximum Gasteiger partial charge on any atom is 0.239 e. The number of halogens is 1. The normalized spacial score (nSPS) is 10.1. The van der Waals surface area contributed by atoms with Crippen molar-refractivity contribution in [1.29, 1.82) is 0 Å². The van der Waals surface area contributed by atoms with Crippen LogP contribution in [0.2, 0.25) is 5.02 Å². The van der Waals surface area contributed by atoms with Crippen LogP contribution in [0.15, 0.2) is 60.8 Å². The van der Waals surface area contributed by atoms with Gasteiger partial charge in [0.15, 0.2) is 0 Å². The molecule has 2 aromatic carbocycles. The first-order chi connectivity index (χ1) is 11.1. The number of hydrogen-bond acceptors (Lipinski definition) is 2. The second kappa shape index (κ2) is 6.51. The monoisotopic (exact) mass is 321 g/mol. The highest BCUT2D eigenvalue weighted by atomic mass is 35.5. The standard InChI is InChI=1S/C19H12ClNO2/c20-17-7-3-1-5-14(17)9-10-16(22)13-19(23)21-12-11-15-6-2-4-8-18(15)21/h1-8,11-12H,13H2. The molecular formula is C19H12ClNO2. The summed E-state index contributed by atoms with van der Waals surface area (Å²) in [5, 5.41) is 1.44. The Bertz CT molecular complexity index is 960. The number of rotatable bonds is 2. The van der Waals surface area contributed by atoms with Crippen molar-refractivity contribution in [2.45, 2.75) is 6.42 Å². The zero-order chi connectivity index (χ0) is 16.2. The summed E-state index contributed by atoms with van der Waals surface area (Å²) in [6, 6.07) is 16.4. The largest absolute Gasteiger partial charge is 0.287 e. The van der Waals surface area contributed by atoms with Crippen molar-refractivity contribution in [2.24, 2.45) is 0 Å². The fourth-order valence-corrected chi connectivity index (χ4v) is 2.45. The van der Waals surface area contributed by atoms with E-state index in [1.165, 1.54) is 4.57 Å². The highest BCUT2D eigenvalue weighted by Crippen LogP contribution is 2.16. The van der Waals surface area contributed by atoms with Gasteiger partial charge >= 0.3 is 0 Å². The number of para-hydroxylation sites is 1. The Morgan fingerprint density at radius 3 is 2.57 bits per heavy atom. The van der Waals surface area contributed by atoms with E-state index in [2.05, 4.69) is 11.8 Å². The lowest BCUT2D eigenvalue weighted by atomic mass is 10.2. The van der Waals surface area contributed by atoms with E-state index in [-0.39, 0.29) is 12.3 Å². The molecule has 112 valence electrons. The minimum absolute atomic E-state index is 0.268. The zero-order valence-electron chi connectivity index (χ0n) is 12.1. The molecule has 0 amide bonds. The summed E-state index contributed by atoms with van der Waals surface area (Å²) in [7, 11) is 0. The molecule has 0 bridgehead atoms. The first-order valence-corrected chi connectivity index (χ1v) is 7.41. The van der Waals surface area contributed by atoms with Gasteiger partial charge in [0.1, 0.15) is 0 Å². The van der Waals surface area contributed by atoms with Crippen LogP contribution >= 0.6 is 11.6 Å². The first-order valence-electron chi connectivity index (χ1n) is 7.04. The van der Waals surface area contributed by atoms with Gasteiger partial charge in [-0.15, -0.1) is 0 Å². The number of carbonyl (C=O) groups is 2. The molecule has 3 rings (SSSR count). The van der Waals surface area contributed by atoms with Crippen molar-refractivity contribution in [1.82, 2.24) is 4.57 Å². The lowest BCUT2D eigenvalue weighted by Crippen LogP contribution is -2.13. The molecule has 23 heavy (non-hydrogen) atoms. The van der Waals surface area contributed by atoms with Crippen LogP contribution in [0, 0.1) is 11.8 Å². The van der Waals surface area contributed by atoms with Gasteiger partial charge in [0.05, 0.1) is 17.0 Å². The van der Waals surface area contributed by atoms with Crippen LogP contribution in [0.1, 0.15) is 16.8 Å². The Labute approximate surface area is 138 Å². The van der Waals surface area contributed by atoms with E-state index < -0.39 is 5.78 Å². The SMILES string of the molecule is O=C(C#Cc1ccccc1Cl)CC(=O)n1ccc2ccccc21. The van der Waals surface area contributed by atoms with Gasteiger partial charge in [-0.1, -0.05) is 47.9 Å². The number of benzene rings is 2. The van der Waals surface area contributed by atoms with E-state index in [1.54, 1.807) is 30.5 Å². The molecule has 1 heterocycles.